The summed E-state index contributed by atoms with van der Waals surface area (Å²) in [7, 11) is 1.61. The van der Waals surface area contributed by atoms with E-state index >= 15 is 0 Å². The van der Waals surface area contributed by atoms with Crippen molar-refractivity contribution < 1.29 is 23.5 Å². The Hall–Kier alpha value is -5.14. The van der Waals surface area contributed by atoms with E-state index < -0.39 is 12.2 Å². The molecule has 12 nitrogen and oxygen atoms in total. The van der Waals surface area contributed by atoms with Crippen LogP contribution in [0.1, 0.15) is 30.0 Å². The minimum absolute atomic E-state index is 0.0167. The highest BCUT2D eigenvalue weighted by molar-refractivity contribution is 7.22. The van der Waals surface area contributed by atoms with Gasteiger partial charge in [-0.2, -0.15) is 5.01 Å². The molecule has 13 heteroatoms. The van der Waals surface area contributed by atoms with Crippen LogP contribution in [0.2, 0.25) is 0 Å². The van der Waals surface area contributed by atoms with Crippen LogP contribution in [0.25, 0.3) is 21.2 Å². The van der Waals surface area contributed by atoms with Gasteiger partial charge in [-0.25, -0.2) is 9.78 Å². The lowest BCUT2D eigenvalue weighted by molar-refractivity contribution is -0.157. The number of furan rings is 1. The number of fused-ring (bicyclic) bond motifs is 3. The van der Waals surface area contributed by atoms with E-state index in [4.69, 9.17) is 14.9 Å². The van der Waals surface area contributed by atoms with Gasteiger partial charge < -0.3 is 30.0 Å². The van der Waals surface area contributed by atoms with Crippen LogP contribution in [0.3, 0.4) is 0 Å². The fourth-order valence-electron chi connectivity index (χ4n) is 6.68. The molecule has 2 saturated heterocycles. The number of thiazole rings is 1. The van der Waals surface area contributed by atoms with Crippen LogP contribution in [0.15, 0.2) is 77.4 Å². The topological polar surface area (TPSA) is 137 Å². The molecule has 0 aliphatic carbocycles. The first-order valence-electron chi connectivity index (χ1n) is 16.0. The van der Waals surface area contributed by atoms with Crippen LogP contribution >= 0.6 is 11.3 Å². The van der Waals surface area contributed by atoms with Crippen LogP contribution in [0.5, 0.6) is 5.75 Å². The molecule has 0 radical (unpaired) electrons. The highest BCUT2D eigenvalue weighted by Gasteiger charge is 2.52. The van der Waals surface area contributed by atoms with Gasteiger partial charge in [0, 0.05) is 31.4 Å². The van der Waals surface area contributed by atoms with E-state index in [2.05, 4.69) is 10.3 Å². The van der Waals surface area contributed by atoms with Crippen LogP contribution in [-0.2, 0) is 29.1 Å². The lowest BCUT2D eigenvalue weighted by Gasteiger charge is -2.46. The zero-order valence-corrected chi connectivity index (χ0v) is 27.6. The van der Waals surface area contributed by atoms with Crippen molar-refractivity contribution >= 4 is 55.5 Å². The van der Waals surface area contributed by atoms with Crippen molar-refractivity contribution in [2.45, 2.75) is 45.1 Å². The number of carbonyl (C=O) groups excluding carboxylic acids is 3. The maximum absolute atomic E-state index is 14.4. The number of hydrazine groups is 1. The van der Waals surface area contributed by atoms with Gasteiger partial charge in [-0.3, -0.25) is 14.6 Å². The van der Waals surface area contributed by atoms with Gasteiger partial charge in [-0.05, 0) is 59.5 Å². The fourth-order valence-corrected chi connectivity index (χ4v) is 7.47. The maximum atomic E-state index is 14.4. The zero-order chi connectivity index (χ0) is 33.4. The molecule has 2 fully saturated rings. The number of aromatic nitrogens is 1. The molecule has 5 aromatic rings. The molecular weight excluding hydrogens is 630 g/mol. The Morgan fingerprint density at radius 1 is 1.12 bits per heavy atom. The smallest absolute Gasteiger partial charge is 0.332 e. The van der Waals surface area contributed by atoms with Crippen molar-refractivity contribution in [2.24, 2.45) is 0 Å². The monoisotopic (exact) mass is 667 g/mol. The number of ether oxygens (including phenoxy) is 1. The van der Waals surface area contributed by atoms with Crippen LogP contribution < -0.4 is 15.8 Å². The third kappa shape index (κ3) is 6.02. The predicted molar refractivity (Wildman–Crippen MR) is 183 cm³/mol. The summed E-state index contributed by atoms with van der Waals surface area (Å²) >= 11 is 1.40. The summed E-state index contributed by atoms with van der Waals surface area (Å²) in [6, 6.07) is 20.0. The lowest BCUT2D eigenvalue weighted by Crippen LogP contribution is -2.66. The molecular formula is C35H37N7O5S. The van der Waals surface area contributed by atoms with E-state index in [-0.39, 0.29) is 30.9 Å². The van der Waals surface area contributed by atoms with E-state index in [1.54, 1.807) is 28.2 Å². The fraction of sp³-hybridized carbons (Fsp3) is 0.314. The molecule has 4 amide bonds. The lowest BCUT2D eigenvalue weighted by atomic mass is 9.99. The average molecular weight is 668 g/mol. The number of nitrogens with one attached hydrogen (secondary N) is 1. The van der Waals surface area contributed by atoms with Crippen LogP contribution in [0.4, 0.5) is 9.93 Å². The second-order valence-electron chi connectivity index (χ2n) is 12.1. The van der Waals surface area contributed by atoms with Gasteiger partial charge in [0.05, 0.1) is 36.7 Å². The van der Waals surface area contributed by atoms with Crippen molar-refractivity contribution in [1.29, 1.82) is 0 Å². The Bertz CT molecular complexity index is 1980. The number of nitrogen functional groups attached to an aromatic ring is 1. The maximum Gasteiger partial charge on any atom is 0.332 e. The third-order valence-corrected chi connectivity index (χ3v) is 9.83. The van der Waals surface area contributed by atoms with Gasteiger partial charge in [0.15, 0.2) is 5.13 Å². The highest BCUT2D eigenvalue weighted by atomic mass is 32.1. The molecule has 2 aliphatic rings. The van der Waals surface area contributed by atoms with Gasteiger partial charge in [0.2, 0.25) is 11.8 Å². The number of nitrogens with two attached hydrogens (primary N) is 1. The Labute approximate surface area is 281 Å². The van der Waals surface area contributed by atoms with Crippen molar-refractivity contribution in [3.05, 3.63) is 89.7 Å². The Balaban J connectivity index is 1.19. The minimum atomic E-state index is -0.767. The predicted octanol–water partition coefficient (Wildman–Crippen LogP) is 4.59. The van der Waals surface area contributed by atoms with Crippen molar-refractivity contribution in [1.82, 2.24) is 30.1 Å². The molecule has 0 bridgehead atoms. The first kappa shape index (κ1) is 31.5. The number of anilines is 1. The molecule has 48 heavy (non-hydrogen) atoms. The Kier molecular flexibility index (Phi) is 8.63. The molecule has 2 aliphatic heterocycles. The molecule has 7 rings (SSSR count). The SMILES string of the molecule is CCCN(C(=O)NCc1ccc(OC)cc1)N1CC(=O)N2[C@@H](Cc3ccc4occc4c3)C(=O)N(Cc3cccc4sc(N)nc34)C[C@@H]21. The quantitative estimate of drug-likeness (QED) is 0.221. The summed E-state index contributed by atoms with van der Waals surface area (Å²) in [6.45, 7) is 3.20. The normalized spacial score (nSPS) is 18.1. The van der Waals surface area contributed by atoms with Crippen molar-refractivity contribution in [3.8, 4) is 5.75 Å². The molecule has 2 atom stereocenters. The van der Waals surface area contributed by atoms with E-state index in [1.165, 1.54) is 11.3 Å². The van der Waals surface area contributed by atoms with Gasteiger partial charge >= 0.3 is 6.03 Å². The molecule has 0 spiro atoms. The number of amides is 4. The van der Waals surface area contributed by atoms with E-state index in [0.29, 0.717) is 37.6 Å². The van der Waals surface area contributed by atoms with Crippen LogP contribution in [0, 0.1) is 0 Å². The molecule has 3 aromatic carbocycles. The number of nitrogens with zero attached hydrogens (tertiary/aromatic N) is 5. The summed E-state index contributed by atoms with van der Waals surface area (Å²) in [5.41, 5.74) is 10.3. The summed E-state index contributed by atoms with van der Waals surface area (Å²) < 4.78 is 11.7. The molecule has 2 aromatic heterocycles. The summed E-state index contributed by atoms with van der Waals surface area (Å²) in [6.07, 6.45) is 2.08. The number of para-hydroxylation sites is 1. The van der Waals surface area contributed by atoms with Crippen molar-refractivity contribution in [2.75, 3.05) is 32.5 Å². The molecule has 248 valence electrons. The zero-order valence-electron chi connectivity index (χ0n) is 26.8. The minimum Gasteiger partial charge on any atom is -0.497 e. The second kappa shape index (κ2) is 13.2. The van der Waals surface area contributed by atoms with Gasteiger partial charge in [0.25, 0.3) is 0 Å². The summed E-state index contributed by atoms with van der Waals surface area (Å²) in [4.78, 5) is 50.0. The Morgan fingerprint density at radius 2 is 1.94 bits per heavy atom. The summed E-state index contributed by atoms with van der Waals surface area (Å²) in [5.74, 6) is 0.388. The number of hydrogen-bond acceptors (Lipinski definition) is 9. The number of urea groups is 1. The largest absolute Gasteiger partial charge is 0.497 e. The Morgan fingerprint density at radius 3 is 2.73 bits per heavy atom. The number of carbonyl (C=O) groups is 3. The number of hydrogen-bond donors (Lipinski definition) is 2. The van der Waals surface area contributed by atoms with Gasteiger partial charge in [-0.1, -0.05) is 48.6 Å². The van der Waals surface area contributed by atoms with Gasteiger partial charge in [-0.15, -0.1) is 0 Å². The second-order valence-corrected chi connectivity index (χ2v) is 13.1. The standard InChI is InChI=1S/C35H37N7O5S/c1-3-14-40(35(45)37-18-22-7-10-26(46-2)11-8-22)41-21-31(43)42-27(17-23-9-12-28-24(16-23)13-15-47-28)33(44)39(20-30(41)42)19-25-5-4-6-29-32(25)38-34(36)48-29/h4-13,15-16,27,30H,3,14,17-21H2,1-2H3,(H2,36,38)(H,37,45)/t27-,30+/m0/s1. The van der Waals surface area contributed by atoms with E-state index in [9.17, 15) is 14.4 Å². The summed E-state index contributed by atoms with van der Waals surface area (Å²) in [5, 5.41) is 7.85. The van der Waals surface area contributed by atoms with Gasteiger partial charge in [0.1, 0.15) is 23.5 Å². The van der Waals surface area contributed by atoms with Crippen LogP contribution in [-0.4, -0.2) is 81.6 Å². The number of benzene rings is 3. The average Bonchev–Trinajstić information content (AvgIpc) is 3.81. The highest BCUT2D eigenvalue weighted by Crippen LogP contribution is 2.33. The molecule has 3 N–H and O–H groups in total. The van der Waals surface area contributed by atoms with Crippen molar-refractivity contribution in [3.63, 3.8) is 0 Å². The van der Waals surface area contributed by atoms with E-state index in [0.717, 1.165) is 43.6 Å². The first-order valence-corrected chi connectivity index (χ1v) is 16.8. The third-order valence-electron chi connectivity index (χ3n) is 8.98. The molecule has 4 heterocycles. The first-order chi connectivity index (χ1) is 23.3. The van der Waals surface area contributed by atoms with E-state index in [1.807, 2.05) is 78.7 Å². The number of piperazine rings is 1. The number of methoxy groups -OCH3 is 1. The number of rotatable bonds is 10. The molecule has 0 saturated carbocycles. The molecule has 0 unspecified atom stereocenters.